The zero-order valence-corrected chi connectivity index (χ0v) is 13.9. The molecule has 0 aromatic rings. The first-order valence-electron chi connectivity index (χ1n) is 3.38. The van der Waals surface area contributed by atoms with E-state index in [1.165, 1.54) is 0 Å². The van der Waals surface area contributed by atoms with Crippen LogP contribution in [0.25, 0.3) is 0 Å². The second kappa shape index (κ2) is 15.8. The first-order chi connectivity index (χ1) is 7.46. The predicted molar refractivity (Wildman–Crippen MR) is 73.2 cm³/mol. The summed E-state index contributed by atoms with van der Waals surface area (Å²) in [5, 5.41) is 0.000000000000000444. The van der Waals surface area contributed by atoms with E-state index in [-0.39, 0.29) is 27.3 Å². The summed E-state index contributed by atoms with van der Waals surface area (Å²) in [6, 6.07) is 0. The first kappa shape index (κ1) is 31.2. The molecule has 0 rings (SSSR count). The summed E-state index contributed by atoms with van der Waals surface area (Å²) in [4.78, 5) is 0. The molecule has 0 atom stereocenters. The molecule has 0 aliphatic carbocycles. The van der Waals surface area contributed by atoms with Gasteiger partial charge in [0, 0.05) is 12.5 Å². The molecule has 0 aromatic heterocycles. The van der Waals surface area contributed by atoms with E-state index in [9.17, 15) is 0 Å². The first-order valence-corrected chi connectivity index (χ1v) is 7.83. The van der Waals surface area contributed by atoms with Crippen molar-refractivity contribution in [2.24, 2.45) is 22.9 Å². The second-order valence-electron chi connectivity index (χ2n) is 2.21. The van der Waals surface area contributed by atoms with Crippen molar-refractivity contribution in [1.82, 2.24) is 0 Å². The van der Waals surface area contributed by atoms with Gasteiger partial charge in [-0.2, -0.15) is 0 Å². The smallest absolute Gasteiger partial charge is 0.748 e. The topological polar surface area (TPSA) is 218 Å². The van der Waals surface area contributed by atoms with E-state index in [2.05, 4.69) is 47.4 Å². The predicted octanol–water partition coefficient (Wildman–Crippen LogP) is -3.30. The summed E-state index contributed by atoms with van der Waals surface area (Å²) >= 11 is 8.19. The zero-order chi connectivity index (χ0) is 16.2. The molecule has 0 aromatic carbocycles. The minimum Gasteiger partial charge on any atom is -0.748 e. The third-order valence-corrected chi connectivity index (χ3v) is 0. The Balaban J connectivity index is -0.0000000453. The van der Waals surface area contributed by atoms with Crippen LogP contribution in [0, 0.1) is 0 Å². The number of thiocarbonyl (C=S) groups is 2. The molecule has 0 saturated heterocycles. The average molecular weight is 406 g/mol. The van der Waals surface area contributed by atoms with Gasteiger partial charge in [-0.15, -0.1) is 0 Å². The molecule has 0 unspecified atom stereocenters. The van der Waals surface area contributed by atoms with E-state index in [1.54, 1.807) is 0 Å². The summed E-state index contributed by atoms with van der Waals surface area (Å²) in [5.41, 5.74) is 18.5. The van der Waals surface area contributed by atoms with Gasteiger partial charge in [0.15, 0.2) is 10.2 Å². The summed E-state index contributed by atoms with van der Waals surface area (Å²) in [7, 11) is -7.83. The van der Waals surface area contributed by atoms with E-state index in [0.29, 0.717) is 12.5 Å². The van der Waals surface area contributed by atoms with E-state index in [0.717, 1.165) is 0 Å². The van der Waals surface area contributed by atoms with Gasteiger partial charge in [0.25, 0.3) is 0 Å². The monoisotopic (exact) mass is 405 g/mol. The van der Waals surface area contributed by atoms with Crippen LogP contribution in [0.2, 0.25) is 0 Å². The van der Waals surface area contributed by atoms with Crippen molar-refractivity contribution in [1.29, 1.82) is 0 Å². The van der Waals surface area contributed by atoms with Crippen LogP contribution in [-0.2, 0) is 37.3 Å². The van der Waals surface area contributed by atoms with Gasteiger partial charge in [-0.1, -0.05) is 0 Å². The quantitative estimate of drug-likeness (QED) is 0.177. The molecule has 0 fully saturated rings. The normalized spacial score (nSPS) is 8.63. The van der Waals surface area contributed by atoms with Crippen LogP contribution < -0.4 is 22.9 Å². The van der Waals surface area contributed by atoms with Gasteiger partial charge in [-0.25, -0.2) is 16.8 Å². The van der Waals surface area contributed by atoms with E-state index >= 15 is 0 Å². The maximum atomic E-state index is 9.08. The maximum Gasteiger partial charge on any atom is 2.00 e. The Bertz CT molecular complexity index is 368. The Morgan fingerprint density at radius 2 is 0.789 bits per heavy atom. The zero-order valence-electron chi connectivity index (χ0n) is 9.69. The van der Waals surface area contributed by atoms with Crippen molar-refractivity contribution in [3.8, 4) is 0 Å². The third-order valence-electron chi connectivity index (χ3n) is 0. The molecular weight excluding hydrogens is 392 g/mol. The van der Waals surface area contributed by atoms with Crippen molar-refractivity contribution in [3.05, 3.63) is 0 Å². The minimum absolute atomic E-state index is 0. The standard InChI is InChI=1S/2CH4N2S.2CH4O3S.Cu/c2*2-1(3)4;2*1-5(2,3)4;/h2*(H4,2,3,4);2*1H3,(H,2,3,4);/q;;;;+2/p-2. The van der Waals surface area contributed by atoms with Crippen molar-refractivity contribution in [2.45, 2.75) is 0 Å². The van der Waals surface area contributed by atoms with Gasteiger partial charge >= 0.3 is 17.1 Å². The van der Waals surface area contributed by atoms with E-state index in [4.69, 9.17) is 25.9 Å². The molecule has 121 valence electrons. The fourth-order valence-electron chi connectivity index (χ4n) is 0. The van der Waals surface area contributed by atoms with Gasteiger partial charge < -0.3 is 32.0 Å². The average Bonchev–Trinajstić information content (AvgIpc) is 1.70. The molecule has 15 heteroatoms. The Morgan fingerprint density at radius 1 is 0.789 bits per heavy atom. The molecule has 8 N–H and O–H groups in total. The number of hydrogen-bond donors (Lipinski definition) is 4. The largest absolute Gasteiger partial charge is 2.00 e. The SMILES string of the molecule is CS(=O)(=O)[O-].CS(=O)(=O)[O-].NC(N)=S.NC(N)=S.[Cu+2]. The second-order valence-corrected chi connectivity index (χ2v) is 5.97. The van der Waals surface area contributed by atoms with Gasteiger partial charge in [0.1, 0.15) is 0 Å². The van der Waals surface area contributed by atoms with Crippen molar-refractivity contribution in [2.75, 3.05) is 12.5 Å². The summed E-state index contributed by atoms with van der Waals surface area (Å²) in [6.45, 7) is 0. The Labute approximate surface area is 133 Å². The van der Waals surface area contributed by atoms with Crippen molar-refractivity contribution < 1.29 is 43.0 Å². The molecule has 0 bridgehead atoms. The van der Waals surface area contributed by atoms with E-state index < -0.39 is 20.2 Å². The summed E-state index contributed by atoms with van der Waals surface area (Å²) in [6.07, 6.45) is 1.21. The number of rotatable bonds is 0. The fraction of sp³-hybridized carbons (Fsp3) is 0.500. The Morgan fingerprint density at radius 3 is 0.789 bits per heavy atom. The van der Waals surface area contributed by atoms with Gasteiger partial charge in [0.05, 0.1) is 20.2 Å². The molecule has 1 radical (unpaired) electrons. The van der Waals surface area contributed by atoms with Gasteiger partial charge in [-0.3, -0.25) is 0 Å². The molecule has 10 nitrogen and oxygen atoms in total. The van der Waals surface area contributed by atoms with Crippen LogP contribution in [-0.4, -0.2) is 48.7 Å². The summed E-state index contributed by atoms with van der Waals surface area (Å²) < 4.78 is 54.5. The molecule has 0 spiro atoms. The molecule has 0 saturated carbocycles. The molecule has 0 aliphatic heterocycles. The Kier molecular flexibility index (Phi) is 25.9. The van der Waals surface area contributed by atoms with Crippen molar-refractivity contribution >= 4 is 54.9 Å². The molecular formula is C4H14CuN4O6S4. The minimum atomic E-state index is -3.92. The van der Waals surface area contributed by atoms with E-state index in [1.807, 2.05) is 0 Å². The van der Waals surface area contributed by atoms with Crippen LogP contribution in [0.5, 0.6) is 0 Å². The third kappa shape index (κ3) is 55600. The molecule has 0 aliphatic rings. The number of hydrogen-bond acceptors (Lipinski definition) is 8. The molecule has 0 amide bonds. The Hall–Kier alpha value is -0.281. The van der Waals surface area contributed by atoms with Crippen LogP contribution in [0.15, 0.2) is 0 Å². The van der Waals surface area contributed by atoms with Crippen LogP contribution >= 0.6 is 24.4 Å². The maximum absolute atomic E-state index is 9.08. The summed E-state index contributed by atoms with van der Waals surface area (Å²) in [5.74, 6) is 0. The molecule has 0 heterocycles. The molecule has 19 heavy (non-hydrogen) atoms. The van der Waals surface area contributed by atoms with Crippen LogP contribution in [0.4, 0.5) is 0 Å². The number of nitrogens with two attached hydrogens (primary N) is 4. The van der Waals surface area contributed by atoms with Crippen LogP contribution in [0.1, 0.15) is 0 Å². The fourth-order valence-corrected chi connectivity index (χ4v) is 0. The van der Waals surface area contributed by atoms with Crippen molar-refractivity contribution in [3.63, 3.8) is 0 Å². The van der Waals surface area contributed by atoms with Gasteiger partial charge in [0.2, 0.25) is 0 Å². The van der Waals surface area contributed by atoms with Crippen LogP contribution in [0.3, 0.4) is 0 Å². The van der Waals surface area contributed by atoms with Gasteiger partial charge in [-0.05, 0) is 24.4 Å².